The van der Waals surface area contributed by atoms with Gasteiger partial charge in [-0.1, -0.05) is 76.9 Å². The Morgan fingerprint density at radius 2 is 1.38 bits per heavy atom. The van der Waals surface area contributed by atoms with E-state index in [0.29, 0.717) is 20.8 Å². The van der Waals surface area contributed by atoms with Crippen molar-refractivity contribution in [2.75, 3.05) is 0 Å². The Hall–Kier alpha value is -1.32. The largest absolute Gasteiger partial charge is 0.455 e. The molecule has 3 aromatic carbocycles. The van der Waals surface area contributed by atoms with Crippen molar-refractivity contribution in [3.8, 4) is 11.5 Å². The van der Waals surface area contributed by atoms with E-state index < -0.39 is 0 Å². The van der Waals surface area contributed by atoms with Crippen molar-refractivity contribution in [2.45, 2.75) is 16.2 Å². The van der Waals surface area contributed by atoms with Gasteiger partial charge in [0.05, 0.1) is 19.8 Å². The van der Waals surface area contributed by atoms with Gasteiger partial charge < -0.3 is 4.74 Å². The van der Waals surface area contributed by atoms with Gasteiger partial charge in [0.25, 0.3) is 0 Å². The number of ether oxygens (including phenoxy) is 1. The third-order valence-corrected chi connectivity index (χ3v) is 5.93. The first-order valence-electron chi connectivity index (χ1n) is 7.31. The maximum Gasteiger partial charge on any atom is 0.142 e. The highest BCUT2D eigenvalue weighted by Crippen LogP contribution is 2.50. The highest BCUT2D eigenvalue weighted by Gasteiger charge is 2.21. The molecule has 0 unspecified atom stereocenters. The zero-order chi connectivity index (χ0) is 16.7. The van der Waals surface area contributed by atoms with Crippen LogP contribution in [0.4, 0.5) is 0 Å². The Bertz CT molecular complexity index is 926. The van der Waals surface area contributed by atoms with Crippen molar-refractivity contribution in [3.05, 3.63) is 80.8 Å². The molecule has 3 aromatic rings. The van der Waals surface area contributed by atoms with Gasteiger partial charge in [-0.05, 0) is 29.7 Å². The first-order valence-corrected chi connectivity index (χ1v) is 9.26. The van der Waals surface area contributed by atoms with Crippen LogP contribution in [-0.2, 0) is 6.42 Å². The fraction of sp³-hybridized carbons (Fsp3) is 0.0526. The fourth-order valence-corrected chi connectivity index (χ4v) is 4.21. The summed E-state index contributed by atoms with van der Waals surface area (Å²) in [4.78, 5) is 1.97. The molecule has 5 heteroatoms. The Balaban J connectivity index is 1.70. The second kappa shape index (κ2) is 6.53. The van der Waals surface area contributed by atoms with Gasteiger partial charge in [-0.15, -0.1) is 0 Å². The Kier molecular flexibility index (Phi) is 4.40. The molecule has 0 radical (unpaired) electrons. The van der Waals surface area contributed by atoms with Gasteiger partial charge in [0.2, 0.25) is 0 Å². The minimum absolute atomic E-state index is 0.478. The number of rotatable bonds is 2. The normalized spacial score (nSPS) is 12.3. The molecule has 0 saturated heterocycles. The number of fused-ring (bicyclic) bond motifs is 2. The van der Waals surface area contributed by atoms with Crippen molar-refractivity contribution >= 4 is 46.6 Å². The zero-order valence-electron chi connectivity index (χ0n) is 12.4. The number of hydrogen-bond donors (Lipinski definition) is 0. The van der Waals surface area contributed by atoms with Gasteiger partial charge in [-0.2, -0.15) is 0 Å². The van der Waals surface area contributed by atoms with Crippen LogP contribution in [0.3, 0.4) is 0 Å². The van der Waals surface area contributed by atoms with Gasteiger partial charge in [-0.3, -0.25) is 0 Å². The van der Waals surface area contributed by atoms with E-state index in [2.05, 4.69) is 18.2 Å². The van der Waals surface area contributed by atoms with Crippen LogP contribution < -0.4 is 4.74 Å². The smallest absolute Gasteiger partial charge is 0.142 e. The van der Waals surface area contributed by atoms with Crippen molar-refractivity contribution in [1.82, 2.24) is 0 Å². The van der Waals surface area contributed by atoms with Gasteiger partial charge in [0.1, 0.15) is 11.5 Å². The predicted octanol–water partition coefficient (Wildman–Crippen LogP) is 7.49. The van der Waals surface area contributed by atoms with Crippen LogP contribution in [0.2, 0.25) is 15.1 Å². The summed E-state index contributed by atoms with van der Waals surface area (Å²) in [7, 11) is 0. The highest BCUT2D eigenvalue weighted by atomic mass is 35.5. The van der Waals surface area contributed by atoms with Gasteiger partial charge in [0.15, 0.2) is 0 Å². The average Bonchev–Trinajstić information content (AvgIpc) is 2.56. The van der Waals surface area contributed by atoms with Crippen molar-refractivity contribution in [2.24, 2.45) is 0 Å². The van der Waals surface area contributed by atoms with E-state index in [0.717, 1.165) is 27.5 Å². The summed E-state index contributed by atoms with van der Waals surface area (Å²) >= 11 is 20.3. The summed E-state index contributed by atoms with van der Waals surface area (Å²) in [5.41, 5.74) is 2.29. The van der Waals surface area contributed by atoms with E-state index >= 15 is 0 Å². The minimum atomic E-state index is 0.478. The number of halogens is 3. The standard InChI is InChI=1S/C19H11Cl3OS/c20-13-8-16-18(7-12(13)6-11-4-2-1-3-5-11)24-19-10-15(22)14(21)9-17(19)23-16/h1-5,7-10H,6H2. The predicted molar refractivity (Wildman–Crippen MR) is 101 cm³/mol. The van der Waals surface area contributed by atoms with Crippen molar-refractivity contribution in [3.63, 3.8) is 0 Å². The molecular formula is C19H11Cl3OS. The van der Waals surface area contributed by atoms with Crippen LogP contribution >= 0.6 is 46.6 Å². The van der Waals surface area contributed by atoms with Crippen LogP contribution in [-0.4, -0.2) is 0 Å². The van der Waals surface area contributed by atoms with Crippen molar-refractivity contribution < 1.29 is 4.74 Å². The molecular weight excluding hydrogens is 383 g/mol. The summed E-state index contributed by atoms with van der Waals surface area (Å²) in [6.45, 7) is 0. The zero-order valence-corrected chi connectivity index (χ0v) is 15.4. The summed E-state index contributed by atoms with van der Waals surface area (Å²) in [5, 5.41) is 1.70. The molecule has 0 saturated carbocycles. The molecule has 0 amide bonds. The number of benzene rings is 3. The molecule has 1 nitrogen and oxygen atoms in total. The summed E-state index contributed by atoms with van der Waals surface area (Å²) in [6, 6.07) is 17.8. The summed E-state index contributed by atoms with van der Waals surface area (Å²) in [5.74, 6) is 1.45. The second-order valence-electron chi connectivity index (χ2n) is 5.47. The van der Waals surface area contributed by atoms with Gasteiger partial charge in [0, 0.05) is 17.2 Å². The number of hydrogen-bond acceptors (Lipinski definition) is 2. The minimum Gasteiger partial charge on any atom is -0.455 e. The van der Waals surface area contributed by atoms with Gasteiger partial charge in [-0.25, -0.2) is 0 Å². The molecule has 0 aromatic heterocycles. The molecule has 1 heterocycles. The second-order valence-corrected chi connectivity index (χ2v) is 7.78. The third-order valence-electron chi connectivity index (χ3n) is 3.78. The Labute approximate surface area is 159 Å². The molecule has 4 rings (SSSR count). The molecule has 0 bridgehead atoms. The summed E-state index contributed by atoms with van der Waals surface area (Å²) in [6.07, 6.45) is 0.780. The molecule has 0 N–H and O–H groups in total. The third kappa shape index (κ3) is 3.12. The fourth-order valence-electron chi connectivity index (χ4n) is 2.59. The lowest BCUT2D eigenvalue weighted by atomic mass is 10.0. The van der Waals surface area contributed by atoms with E-state index in [9.17, 15) is 0 Å². The van der Waals surface area contributed by atoms with Crippen LogP contribution in [0.5, 0.6) is 11.5 Å². The van der Waals surface area contributed by atoms with Crippen LogP contribution in [0.25, 0.3) is 0 Å². The van der Waals surface area contributed by atoms with Crippen LogP contribution in [0.15, 0.2) is 64.4 Å². The van der Waals surface area contributed by atoms with E-state index in [-0.39, 0.29) is 0 Å². The van der Waals surface area contributed by atoms with E-state index in [1.54, 1.807) is 17.8 Å². The van der Waals surface area contributed by atoms with E-state index in [4.69, 9.17) is 39.5 Å². The molecule has 0 spiro atoms. The highest BCUT2D eigenvalue weighted by molar-refractivity contribution is 7.99. The van der Waals surface area contributed by atoms with Gasteiger partial charge >= 0.3 is 0 Å². The molecule has 0 atom stereocenters. The lowest BCUT2D eigenvalue weighted by Gasteiger charge is -2.21. The van der Waals surface area contributed by atoms with Crippen LogP contribution in [0.1, 0.15) is 11.1 Å². The molecule has 24 heavy (non-hydrogen) atoms. The monoisotopic (exact) mass is 392 g/mol. The quantitative estimate of drug-likeness (QED) is 0.349. The average molecular weight is 394 g/mol. The molecule has 120 valence electrons. The lowest BCUT2D eigenvalue weighted by Crippen LogP contribution is -1.98. The van der Waals surface area contributed by atoms with Crippen molar-refractivity contribution in [1.29, 1.82) is 0 Å². The topological polar surface area (TPSA) is 9.23 Å². The van der Waals surface area contributed by atoms with E-state index in [1.165, 1.54) is 5.56 Å². The lowest BCUT2D eigenvalue weighted by molar-refractivity contribution is 0.454. The maximum atomic E-state index is 6.46. The van der Waals surface area contributed by atoms with E-state index in [1.807, 2.05) is 30.3 Å². The molecule has 0 aliphatic carbocycles. The molecule has 1 aliphatic heterocycles. The first kappa shape index (κ1) is 16.2. The SMILES string of the molecule is Clc1cc2c(cc1Cl)Sc1cc(Cc3ccccc3)c(Cl)cc1O2. The first-order chi connectivity index (χ1) is 11.6. The molecule has 0 fully saturated rings. The summed E-state index contributed by atoms with van der Waals surface area (Å²) < 4.78 is 5.95. The van der Waals surface area contributed by atoms with Crippen LogP contribution in [0, 0.1) is 0 Å². The maximum absolute atomic E-state index is 6.46. The molecule has 1 aliphatic rings. The Morgan fingerprint density at radius 3 is 2.12 bits per heavy atom. The Morgan fingerprint density at radius 1 is 0.750 bits per heavy atom.